The molecule has 0 atom stereocenters. The number of benzene rings is 7. The third-order valence-corrected chi connectivity index (χ3v) is 14.0. The number of hydrogen-bond donors (Lipinski definition) is 2. The average Bonchev–Trinajstić information content (AvgIpc) is 4.26. The molecule has 342 valence electrons. The van der Waals surface area contributed by atoms with E-state index < -0.39 is 0 Å². The van der Waals surface area contributed by atoms with E-state index in [0.717, 1.165) is 100 Å². The van der Waals surface area contributed by atoms with Gasteiger partial charge in [-0.25, -0.2) is 9.97 Å². The van der Waals surface area contributed by atoms with Gasteiger partial charge in [0.2, 0.25) is 0 Å². The summed E-state index contributed by atoms with van der Waals surface area (Å²) in [6.07, 6.45) is 8.43. The van der Waals surface area contributed by atoms with E-state index in [9.17, 15) is 9.59 Å². The van der Waals surface area contributed by atoms with Gasteiger partial charge >= 0.3 is 0 Å². The van der Waals surface area contributed by atoms with Gasteiger partial charge in [0.05, 0.1) is 28.3 Å². The van der Waals surface area contributed by atoms with Gasteiger partial charge in [-0.3, -0.25) is 9.59 Å². The van der Waals surface area contributed by atoms with Crippen molar-refractivity contribution in [2.24, 2.45) is 0 Å². The topological polar surface area (TPSA) is 101 Å². The lowest BCUT2D eigenvalue weighted by atomic mass is 9.82. The third-order valence-electron chi connectivity index (χ3n) is 14.0. The molecular weight excluding hydrogens is 885 g/mol. The van der Waals surface area contributed by atoms with Crippen LogP contribution < -0.4 is 4.74 Å². The van der Waals surface area contributed by atoms with Crippen LogP contribution in [-0.4, -0.2) is 31.5 Å². The SMILES string of the molecule is Cc1ccc(-c2c3nc(c(-c4ccc(C)cc4)c4ccc([nH]4)c(-c4ccc(Oc5c6c(cc7ccccc57)C(=O)c5ccccc5C6=O)cc4)c4nc(c(-c5ccc(C)cc5)c5ccc2[nH]5)C=C4)C=C3)cc1. The Bertz CT molecular complexity index is 4110. The van der Waals surface area contributed by atoms with Gasteiger partial charge in [-0.1, -0.05) is 150 Å². The van der Waals surface area contributed by atoms with Crippen LogP contribution in [0.15, 0.2) is 176 Å². The molecule has 0 spiro atoms. The van der Waals surface area contributed by atoms with Gasteiger partial charge in [0, 0.05) is 66.4 Å². The molecule has 0 unspecified atom stereocenters. The van der Waals surface area contributed by atoms with E-state index in [1.54, 1.807) is 24.3 Å². The van der Waals surface area contributed by atoms with Crippen molar-refractivity contribution >= 4 is 68.7 Å². The first-order valence-electron chi connectivity index (χ1n) is 24.1. The Hall–Kier alpha value is -9.46. The number of rotatable bonds is 6. The van der Waals surface area contributed by atoms with E-state index in [1.807, 2.05) is 54.6 Å². The molecule has 7 heteroatoms. The number of H-pyrrole nitrogens is 2. The first-order chi connectivity index (χ1) is 35.2. The standard InChI is InChI=1S/C65H44N4O3/c1-37-12-18-40(19-13-37)58-50-28-30-52(66-50)59(41-20-14-38(2)15-21-41)54-32-34-56(68-54)61(57-35-33-55(69-57)60(53-31-29-51(58)67-53)42-22-16-39(3)17-23-42)43-24-26-45(27-25-43)72-65-46-9-5-4-8-44(46)36-49-62(65)64(71)48-11-7-6-10-47(48)63(49)70/h4-36,66,69H,1-3H3. The predicted molar refractivity (Wildman–Crippen MR) is 292 cm³/mol. The molecule has 8 bridgehead atoms. The molecule has 2 aliphatic heterocycles. The molecule has 2 N–H and O–H groups in total. The molecule has 72 heavy (non-hydrogen) atoms. The summed E-state index contributed by atoms with van der Waals surface area (Å²) in [4.78, 5) is 46.9. The van der Waals surface area contributed by atoms with Crippen LogP contribution >= 0.6 is 0 Å². The molecule has 0 saturated heterocycles. The van der Waals surface area contributed by atoms with Gasteiger partial charge in [0.25, 0.3) is 0 Å². The maximum Gasteiger partial charge on any atom is 0.198 e. The van der Waals surface area contributed by atoms with Crippen LogP contribution in [0.1, 0.15) is 71.3 Å². The van der Waals surface area contributed by atoms with Crippen molar-refractivity contribution in [3.8, 4) is 56.0 Å². The first kappa shape index (κ1) is 42.6. The molecule has 3 aromatic heterocycles. The summed E-state index contributed by atoms with van der Waals surface area (Å²) in [6.45, 7) is 6.31. The second-order valence-corrected chi connectivity index (χ2v) is 18.8. The summed E-state index contributed by atoms with van der Waals surface area (Å²) in [5.41, 5.74) is 19.7. The highest BCUT2D eigenvalue weighted by Gasteiger charge is 2.34. The van der Waals surface area contributed by atoms with Crippen molar-refractivity contribution in [2.45, 2.75) is 20.8 Å². The van der Waals surface area contributed by atoms with E-state index in [1.165, 1.54) is 16.7 Å². The number of nitrogens with one attached hydrogen (secondary N) is 2. The fourth-order valence-corrected chi connectivity index (χ4v) is 10.4. The van der Waals surface area contributed by atoms with Crippen molar-refractivity contribution in [2.75, 3.05) is 0 Å². The van der Waals surface area contributed by atoms with Crippen LogP contribution in [0.3, 0.4) is 0 Å². The zero-order valence-corrected chi connectivity index (χ0v) is 39.7. The third kappa shape index (κ3) is 7.21. The Labute approximate surface area is 415 Å². The lowest BCUT2D eigenvalue weighted by molar-refractivity contribution is 0.0977. The van der Waals surface area contributed by atoms with Crippen molar-refractivity contribution in [1.82, 2.24) is 19.9 Å². The Morgan fingerprint density at radius 3 is 1.18 bits per heavy atom. The van der Waals surface area contributed by atoms with Gasteiger partial charge in [-0.2, -0.15) is 0 Å². The second kappa shape index (κ2) is 16.9. The number of carbonyl (C=O) groups excluding carboxylic acids is 2. The fourth-order valence-electron chi connectivity index (χ4n) is 10.4. The second-order valence-electron chi connectivity index (χ2n) is 18.8. The average molecular weight is 929 g/mol. The zero-order chi connectivity index (χ0) is 48.6. The number of aromatic amines is 2. The maximum atomic E-state index is 14.3. The number of aryl methyl sites for hydroxylation is 3. The van der Waals surface area contributed by atoms with Crippen molar-refractivity contribution in [3.05, 3.63) is 238 Å². The summed E-state index contributed by atoms with van der Waals surface area (Å²) < 4.78 is 6.77. The van der Waals surface area contributed by atoms with E-state index in [0.29, 0.717) is 28.2 Å². The Morgan fingerprint density at radius 1 is 0.375 bits per heavy atom. The van der Waals surface area contributed by atoms with E-state index in [-0.39, 0.29) is 17.1 Å². The number of ether oxygens (including phenoxy) is 1. The van der Waals surface area contributed by atoms with Crippen LogP contribution in [0.5, 0.6) is 11.5 Å². The van der Waals surface area contributed by atoms with Crippen LogP contribution in [0.4, 0.5) is 0 Å². The highest BCUT2D eigenvalue weighted by atomic mass is 16.5. The summed E-state index contributed by atoms with van der Waals surface area (Å²) in [5, 5.41) is 1.55. The Morgan fingerprint density at radius 2 is 0.750 bits per heavy atom. The van der Waals surface area contributed by atoms with E-state index in [4.69, 9.17) is 14.7 Å². The molecule has 0 fully saturated rings. The summed E-state index contributed by atoms with van der Waals surface area (Å²) in [7, 11) is 0. The molecule has 10 aromatic rings. The minimum atomic E-state index is -0.239. The maximum absolute atomic E-state index is 14.3. The van der Waals surface area contributed by atoms with Crippen LogP contribution in [-0.2, 0) is 0 Å². The Kier molecular flexibility index (Phi) is 10.0. The molecular formula is C65H44N4O3. The van der Waals surface area contributed by atoms with Gasteiger partial charge in [0.15, 0.2) is 11.6 Å². The van der Waals surface area contributed by atoms with Crippen molar-refractivity contribution in [1.29, 1.82) is 0 Å². The molecule has 0 radical (unpaired) electrons. The lowest BCUT2D eigenvalue weighted by Gasteiger charge is -2.22. The minimum Gasteiger partial charge on any atom is -0.456 e. The molecule has 0 saturated carbocycles. The fraction of sp³-hybridized carbons (Fsp3) is 0.0462. The normalized spacial score (nSPS) is 12.6. The van der Waals surface area contributed by atoms with Gasteiger partial charge in [-0.15, -0.1) is 0 Å². The molecule has 0 amide bonds. The van der Waals surface area contributed by atoms with Crippen LogP contribution in [0, 0.1) is 20.8 Å². The minimum absolute atomic E-state index is 0.198. The van der Waals surface area contributed by atoms with Gasteiger partial charge < -0.3 is 14.7 Å². The summed E-state index contributed by atoms with van der Waals surface area (Å²) in [5.74, 6) is 0.436. The number of hydrogen-bond acceptors (Lipinski definition) is 5. The molecule has 13 rings (SSSR count). The monoisotopic (exact) mass is 928 g/mol. The number of carbonyl (C=O) groups is 2. The highest BCUT2D eigenvalue weighted by Crippen LogP contribution is 2.43. The predicted octanol–water partition coefficient (Wildman–Crippen LogP) is 16.0. The number of ketones is 2. The van der Waals surface area contributed by atoms with Crippen molar-refractivity contribution < 1.29 is 14.3 Å². The number of aromatic nitrogens is 4. The largest absolute Gasteiger partial charge is 0.456 e. The molecule has 1 aliphatic carbocycles. The molecule has 7 aromatic carbocycles. The summed E-state index contributed by atoms with van der Waals surface area (Å²) >= 11 is 0. The molecule has 5 heterocycles. The zero-order valence-electron chi connectivity index (χ0n) is 39.7. The van der Waals surface area contributed by atoms with Crippen molar-refractivity contribution in [3.63, 3.8) is 0 Å². The molecule has 7 nitrogen and oxygen atoms in total. The van der Waals surface area contributed by atoms with Gasteiger partial charge in [0.1, 0.15) is 11.5 Å². The molecule has 3 aliphatic rings. The van der Waals surface area contributed by atoms with Gasteiger partial charge in [-0.05, 0) is 115 Å². The smallest absolute Gasteiger partial charge is 0.198 e. The van der Waals surface area contributed by atoms with E-state index >= 15 is 0 Å². The highest BCUT2D eigenvalue weighted by molar-refractivity contribution is 6.31. The van der Waals surface area contributed by atoms with E-state index in [2.05, 4.69) is 152 Å². The number of nitrogens with zero attached hydrogens (tertiary/aromatic N) is 2. The summed E-state index contributed by atoms with van der Waals surface area (Å²) in [6, 6.07) is 58.8. The van der Waals surface area contributed by atoms with Crippen LogP contribution in [0.2, 0.25) is 0 Å². The first-order valence-corrected chi connectivity index (χ1v) is 24.1. The lowest BCUT2D eigenvalue weighted by Crippen LogP contribution is -2.21. The Balaban J connectivity index is 1.04. The quantitative estimate of drug-likeness (QED) is 0.173. The van der Waals surface area contributed by atoms with Crippen LogP contribution in [0.25, 0.3) is 102 Å². The number of fused-ring (bicyclic) bond motifs is 11.